The number of carboxylic acids is 1. The van der Waals surface area contributed by atoms with Crippen molar-refractivity contribution in [2.45, 2.75) is 105 Å². The second kappa shape index (κ2) is 14.3. The number of nitrogens with one attached hydrogen (secondary N) is 1. The van der Waals surface area contributed by atoms with Crippen molar-refractivity contribution < 1.29 is 33.8 Å². The number of benzene rings is 1. The van der Waals surface area contributed by atoms with Crippen LogP contribution in [0, 0.1) is 11.3 Å². The zero-order valence-electron chi connectivity index (χ0n) is 28.5. The largest absolute Gasteiger partial charge is 0.496 e. The van der Waals surface area contributed by atoms with Crippen LogP contribution < -0.4 is 10.1 Å². The molecule has 242 valence electrons. The maximum atomic E-state index is 14.4. The number of rotatable bonds is 11. The van der Waals surface area contributed by atoms with Gasteiger partial charge in [0.05, 0.1) is 13.2 Å². The highest BCUT2D eigenvalue weighted by Crippen LogP contribution is 2.37. The van der Waals surface area contributed by atoms with Gasteiger partial charge in [0.15, 0.2) is 0 Å². The molecule has 0 aliphatic rings. The van der Waals surface area contributed by atoms with E-state index in [-0.39, 0.29) is 17.4 Å². The molecule has 0 aliphatic heterocycles. The molecule has 0 fully saturated rings. The third kappa shape index (κ3) is 9.73. The van der Waals surface area contributed by atoms with Gasteiger partial charge in [0, 0.05) is 30.6 Å². The summed E-state index contributed by atoms with van der Waals surface area (Å²) in [6, 6.07) is 4.62. The Kier molecular flexibility index (Phi) is 12.4. The lowest BCUT2D eigenvalue weighted by atomic mass is 9.75. The highest BCUT2D eigenvalue weighted by molar-refractivity contribution is 5.93. The van der Waals surface area contributed by atoms with Crippen LogP contribution in [0.15, 0.2) is 35.9 Å². The van der Waals surface area contributed by atoms with Crippen LogP contribution >= 0.6 is 0 Å². The molecular weight excluding hydrogens is 550 g/mol. The molecular formula is C33H53N3O7. The van der Waals surface area contributed by atoms with Crippen LogP contribution in [0.5, 0.6) is 5.75 Å². The van der Waals surface area contributed by atoms with Gasteiger partial charge in [-0.05, 0) is 45.1 Å². The van der Waals surface area contributed by atoms with Crippen LogP contribution in [0.1, 0.15) is 81.7 Å². The Morgan fingerprint density at radius 2 is 1.47 bits per heavy atom. The fraction of sp³-hybridized carbons (Fsp3) is 0.636. The maximum absolute atomic E-state index is 14.4. The van der Waals surface area contributed by atoms with Crippen LogP contribution in [0.25, 0.3) is 0 Å². The first kappa shape index (κ1) is 37.5. The standard InChI is InChI=1S/C33H53N3O7/c1-20(2)23(19-21(3)29(39)40)35(12)28(38)25(31(4,5)6)34-27(37)26(36(13)30(41)43-32(7,8)9)33(10,11)22-17-15-16-18-24(22)42-14/h15-20,23,25-26H,1-14H3,(H,34,37)(H,39,40)/b21-19+/t23-,25-,26-/m1/s1. The first-order valence-corrected chi connectivity index (χ1v) is 14.5. The maximum Gasteiger partial charge on any atom is 0.410 e. The monoisotopic (exact) mass is 603 g/mol. The van der Waals surface area contributed by atoms with Crippen molar-refractivity contribution in [2.24, 2.45) is 11.3 Å². The number of ether oxygens (including phenoxy) is 2. The molecule has 0 spiro atoms. The second-order valence-electron chi connectivity index (χ2n) is 14.1. The Balaban J connectivity index is 3.70. The van der Waals surface area contributed by atoms with E-state index >= 15 is 0 Å². The Bertz CT molecular complexity index is 1190. The van der Waals surface area contributed by atoms with Gasteiger partial charge in [-0.25, -0.2) is 9.59 Å². The average Bonchev–Trinajstić information content (AvgIpc) is 2.87. The molecule has 0 saturated heterocycles. The number of para-hydroxylation sites is 1. The summed E-state index contributed by atoms with van der Waals surface area (Å²) in [6.45, 7) is 19.7. The van der Waals surface area contributed by atoms with Gasteiger partial charge < -0.3 is 24.8 Å². The molecule has 1 aromatic rings. The minimum atomic E-state index is -1.11. The quantitative estimate of drug-likeness (QED) is 0.331. The van der Waals surface area contributed by atoms with Gasteiger partial charge in [0.2, 0.25) is 11.8 Å². The number of likely N-dealkylation sites (N-methyl/N-ethyl adjacent to an activating group) is 2. The molecule has 1 rings (SSSR count). The Morgan fingerprint density at radius 1 is 0.930 bits per heavy atom. The highest BCUT2D eigenvalue weighted by atomic mass is 16.6. The van der Waals surface area contributed by atoms with Gasteiger partial charge in [0.25, 0.3) is 0 Å². The molecule has 3 atom stereocenters. The van der Waals surface area contributed by atoms with E-state index in [1.165, 1.54) is 30.9 Å². The Labute approximate surface area is 257 Å². The smallest absolute Gasteiger partial charge is 0.410 e. The molecule has 0 radical (unpaired) electrons. The third-order valence-electron chi connectivity index (χ3n) is 7.44. The van der Waals surface area contributed by atoms with Crippen molar-refractivity contribution in [3.8, 4) is 5.75 Å². The summed E-state index contributed by atoms with van der Waals surface area (Å²) in [6.07, 6.45) is 0.858. The lowest BCUT2D eigenvalue weighted by Crippen LogP contribution is -2.63. The Morgan fingerprint density at radius 3 is 1.91 bits per heavy atom. The van der Waals surface area contributed by atoms with E-state index in [1.54, 1.807) is 40.0 Å². The fourth-order valence-corrected chi connectivity index (χ4v) is 5.05. The molecule has 3 amide bonds. The summed E-state index contributed by atoms with van der Waals surface area (Å²) >= 11 is 0. The fourth-order valence-electron chi connectivity index (χ4n) is 5.05. The lowest BCUT2D eigenvalue weighted by molar-refractivity contribution is -0.142. The molecule has 0 aliphatic carbocycles. The van der Waals surface area contributed by atoms with Crippen molar-refractivity contribution >= 4 is 23.9 Å². The topological polar surface area (TPSA) is 125 Å². The summed E-state index contributed by atoms with van der Waals surface area (Å²) in [7, 11) is 4.65. The third-order valence-corrected chi connectivity index (χ3v) is 7.44. The summed E-state index contributed by atoms with van der Waals surface area (Å²) in [5.41, 5.74) is -1.73. The van der Waals surface area contributed by atoms with E-state index in [1.807, 2.05) is 66.7 Å². The van der Waals surface area contributed by atoms with Gasteiger partial charge in [-0.15, -0.1) is 0 Å². The van der Waals surface area contributed by atoms with Crippen molar-refractivity contribution in [1.82, 2.24) is 15.1 Å². The minimum Gasteiger partial charge on any atom is -0.496 e. The molecule has 0 saturated carbocycles. The molecule has 43 heavy (non-hydrogen) atoms. The van der Waals surface area contributed by atoms with Crippen LogP contribution in [-0.2, 0) is 24.5 Å². The summed E-state index contributed by atoms with van der Waals surface area (Å²) < 4.78 is 11.2. The summed E-state index contributed by atoms with van der Waals surface area (Å²) in [4.78, 5) is 56.1. The summed E-state index contributed by atoms with van der Waals surface area (Å²) in [5.74, 6) is -1.56. The first-order chi connectivity index (χ1) is 19.5. The predicted octanol–water partition coefficient (Wildman–Crippen LogP) is 5.25. The average molecular weight is 604 g/mol. The normalized spacial score (nSPS) is 14.8. The number of carbonyl (C=O) groups is 4. The number of hydrogen-bond acceptors (Lipinski definition) is 6. The van der Waals surface area contributed by atoms with Crippen LogP contribution in [-0.4, -0.2) is 83.7 Å². The van der Waals surface area contributed by atoms with Gasteiger partial charge in [-0.2, -0.15) is 0 Å². The molecule has 2 N–H and O–H groups in total. The molecule has 0 heterocycles. The lowest BCUT2D eigenvalue weighted by Gasteiger charge is -2.42. The van der Waals surface area contributed by atoms with Gasteiger partial charge >= 0.3 is 12.1 Å². The first-order valence-electron chi connectivity index (χ1n) is 14.5. The zero-order chi connectivity index (χ0) is 33.7. The van der Waals surface area contributed by atoms with Crippen molar-refractivity contribution in [3.05, 3.63) is 41.5 Å². The molecule has 0 unspecified atom stereocenters. The SMILES string of the molecule is COc1ccccc1C(C)(C)[C@@H](C(=O)N[C@H](C(=O)N(C)[C@H](/C=C(\C)C(=O)O)C(C)C)C(C)(C)C)N(C)C(=O)OC(C)(C)C. The van der Waals surface area contributed by atoms with Gasteiger partial charge in [-0.3, -0.25) is 14.5 Å². The predicted molar refractivity (Wildman–Crippen MR) is 168 cm³/mol. The number of nitrogens with zero attached hydrogens (tertiary/aromatic N) is 2. The molecule has 10 nitrogen and oxygen atoms in total. The Hall–Kier alpha value is -3.56. The van der Waals surface area contributed by atoms with Gasteiger partial charge in [0.1, 0.15) is 23.4 Å². The van der Waals surface area contributed by atoms with E-state index in [2.05, 4.69) is 5.32 Å². The number of methoxy groups -OCH3 is 1. The summed E-state index contributed by atoms with van der Waals surface area (Å²) in [5, 5.41) is 12.4. The van der Waals surface area contributed by atoms with Crippen molar-refractivity contribution in [2.75, 3.05) is 21.2 Å². The van der Waals surface area contributed by atoms with E-state index < -0.39 is 52.5 Å². The number of carboxylic acid groups (broad SMARTS) is 1. The van der Waals surface area contributed by atoms with Crippen molar-refractivity contribution in [3.63, 3.8) is 0 Å². The van der Waals surface area contributed by atoms with Crippen LogP contribution in [0.3, 0.4) is 0 Å². The van der Waals surface area contributed by atoms with Crippen LogP contribution in [0.2, 0.25) is 0 Å². The second-order valence-corrected chi connectivity index (χ2v) is 14.1. The zero-order valence-corrected chi connectivity index (χ0v) is 28.5. The molecule has 0 aromatic heterocycles. The van der Waals surface area contributed by atoms with Crippen molar-refractivity contribution in [1.29, 1.82) is 0 Å². The molecule has 0 bridgehead atoms. The van der Waals surface area contributed by atoms with E-state index in [9.17, 15) is 24.3 Å². The minimum absolute atomic E-state index is 0.102. The van der Waals surface area contributed by atoms with Gasteiger partial charge in [-0.1, -0.05) is 72.7 Å². The number of carbonyl (C=O) groups excluding carboxylic acids is 3. The van der Waals surface area contributed by atoms with E-state index in [0.29, 0.717) is 11.3 Å². The van der Waals surface area contributed by atoms with E-state index in [0.717, 1.165) is 0 Å². The highest BCUT2D eigenvalue weighted by Gasteiger charge is 2.46. The van der Waals surface area contributed by atoms with Crippen LogP contribution in [0.4, 0.5) is 4.79 Å². The number of hydrogen-bond donors (Lipinski definition) is 2. The molecule has 10 heteroatoms. The van der Waals surface area contributed by atoms with E-state index in [4.69, 9.17) is 9.47 Å². The number of amides is 3. The number of aliphatic carboxylic acids is 1. The molecule has 1 aromatic carbocycles.